The van der Waals surface area contributed by atoms with E-state index in [1.807, 2.05) is 13.0 Å². The predicted octanol–water partition coefficient (Wildman–Crippen LogP) is 3.49. The van der Waals surface area contributed by atoms with Gasteiger partial charge in [-0.05, 0) is 74.2 Å². The summed E-state index contributed by atoms with van der Waals surface area (Å²) in [6.07, 6.45) is 6.57. The van der Waals surface area contributed by atoms with E-state index in [1.165, 1.54) is 5.57 Å². The van der Waals surface area contributed by atoms with Crippen molar-refractivity contribution in [3.05, 3.63) is 11.6 Å². The monoisotopic (exact) mass is 332 g/mol. The average molecular weight is 332 g/mol. The Labute approximate surface area is 145 Å². The van der Waals surface area contributed by atoms with Crippen LogP contribution in [-0.4, -0.2) is 27.7 Å². The highest BCUT2D eigenvalue weighted by atomic mass is 16.3. The van der Waals surface area contributed by atoms with Crippen LogP contribution in [0.5, 0.6) is 0 Å². The molecule has 0 spiro atoms. The molecule has 3 heteroatoms. The topological polar surface area (TPSA) is 57.5 Å². The number of aliphatic hydroxyl groups is 2. The van der Waals surface area contributed by atoms with Gasteiger partial charge in [-0.2, -0.15) is 0 Å². The molecular formula is C21H32O3. The minimum atomic E-state index is -0.678. The van der Waals surface area contributed by atoms with Gasteiger partial charge in [0, 0.05) is 11.8 Å². The van der Waals surface area contributed by atoms with Crippen molar-refractivity contribution < 1.29 is 15.0 Å². The number of aliphatic hydroxyl groups excluding tert-OH is 1. The highest BCUT2D eigenvalue weighted by molar-refractivity contribution is 5.91. The fourth-order valence-electron chi connectivity index (χ4n) is 7.23. The van der Waals surface area contributed by atoms with E-state index in [4.69, 9.17) is 0 Å². The maximum absolute atomic E-state index is 12.0. The van der Waals surface area contributed by atoms with Crippen LogP contribution in [0.3, 0.4) is 0 Å². The second-order valence-corrected chi connectivity index (χ2v) is 9.95. The molecule has 4 aliphatic carbocycles. The van der Waals surface area contributed by atoms with E-state index in [0.717, 1.165) is 25.7 Å². The Morgan fingerprint density at radius 1 is 1.21 bits per heavy atom. The van der Waals surface area contributed by atoms with Crippen molar-refractivity contribution in [2.24, 2.45) is 34.5 Å². The minimum Gasteiger partial charge on any atom is -0.393 e. The molecule has 3 nitrogen and oxygen atoms in total. The van der Waals surface area contributed by atoms with Crippen molar-refractivity contribution >= 4 is 5.78 Å². The fraction of sp³-hybridized carbons (Fsp3) is 0.857. The lowest BCUT2D eigenvalue weighted by Gasteiger charge is -2.62. The summed E-state index contributed by atoms with van der Waals surface area (Å²) in [5.41, 5.74) is 0.368. The summed E-state index contributed by atoms with van der Waals surface area (Å²) >= 11 is 0. The third-order valence-corrected chi connectivity index (χ3v) is 8.81. The fourth-order valence-corrected chi connectivity index (χ4v) is 7.23. The number of hydrogen-bond donors (Lipinski definition) is 2. The first-order chi connectivity index (χ1) is 11.1. The van der Waals surface area contributed by atoms with Crippen LogP contribution in [0.25, 0.3) is 0 Å². The van der Waals surface area contributed by atoms with E-state index in [0.29, 0.717) is 30.6 Å². The van der Waals surface area contributed by atoms with E-state index in [-0.39, 0.29) is 28.6 Å². The second-order valence-electron chi connectivity index (χ2n) is 9.95. The first-order valence-corrected chi connectivity index (χ1v) is 9.74. The molecule has 2 N–H and O–H groups in total. The molecule has 0 aromatic rings. The van der Waals surface area contributed by atoms with Gasteiger partial charge in [-0.3, -0.25) is 4.79 Å². The van der Waals surface area contributed by atoms with Gasteiger partial charge in [0.05, 0.1) is 11.7 Å². The van der Waals surface area contributed by atoms with Crippen molar-refractivity contribution in [2.45, 2.75) is 77.9 Å². The van der Waals surface area contributed by atoms with Gasteiger partial charge in [0.2, 0.25) is 0 Å². The van der Waals surface area contributed by atoms with Gasteiger partial charge in [0.1, 0.15) is 0 Å². The number of hydrogen-bond acceptors (Lipinski definition) is 3. The molecule has 0 unspecified atom stereocenters. The lowest BCUT2D eigenvalue weighted by molar-refractivity contribution is -0.176. The van der Waals surface area contributed by atoms with Gasteiger partial charge < -0.3 is 10.2 Å². The standard InChI is InChI=1S/C21H32O3/c1-12-9-13-10-14(22)5-7-19(13,2)18-16(23)11-20(3)15(17(12)18)6-8-21(20,4)24/h10,12,15-18,23-24H,5-9,11H2,1-4H3/t12-,15+,16-,17+,18-,19+,20-,21+/m1/s1. The van der Waals surface area contributed by atoms with Crippen LogP contribution >= 0.6 is 0 Å². The molecule has 3 saturated carbocycles. The molecule has 8 atom stereocenters. The van der Waals surface area contributed by atoms with Crippen LogP contribution in [0.1, 0.15) is 66.2 Å². The Morgan fingerprint density at radius 3 is 2.62 bits per heavy atom. The van der Waals surface area contributed by atoms with Gasteiger partial charge >= 0.3 is 0 Å². The molecule has 0 saturated heterocycles. The molecule has 0 aliphatic heterocycles. The lowest BCUT2D eigenvalue weighted by atomic mass is 9.43. The van der Waals surface area contributed by atoms with Crippen LogP contribution in [0.2, 0.25) is 0 Å². The quantitative estimate of drug-likeness (QED) is 0.714. The summed E-state index contributed by atoms with van der Waals surface area (Å²) in [4.78, 5) is 12.0. The largest absolute Gasteiger partial charge is 0.393 e. The number of allylic oxidation sites excluding steroid dienone is 1. The molecule has 0 radical (unpaired) electrons. The third kappa shape index (κ3) is 1.94. The molecule has 0 aromatic carbocycles. The summed E-state index contributed by atoms with van der Waals surface area (Å²) in [6.45, 7) is 8.76. The predicted molar refractivity (Wildman–Crippen MR) is 93.3 cm³/mol. The normalized spacial score (nSPS) is 57.0. The summed E-state index contributed by atoms with van der Waals surface area (Å²) in [6, 6.07) is 0. The van der Waals surface area contributed by atoms with Crippen LogP contribution in [0.15, 0.2) is 11.6 Å². The summed E-state index contributed by atoms with van der Waals surface area (Å²) in [5, 5.41) is 22.2. The number of rotatable bonds is 0. The van der Waals surface area contributed by atoms with Crippen molar-refractivity contribution in [2.75, 3.05) is 0 Å². The minimum absolute atomic E-state index is 0.0414. The van der Waals surface area contributed by atoms with Crippen LogP contribution < -0.4 is 0 Å². The zero-order valence-electron chi connectivity index (χ0n) is 15.5. The second kappa shape index (κ2) is 4.94. The molecule has 0 bridgehead atoms. The van der Waals surface area contributed by atoms with E-state index in [1.54, 1.807) is 0 Å². The van der Waals surface area contributed by atoms with E-state index in [2.05, 4.69) is 20.8 Å². The summed E-state index contributed by atoms with van der Waals surface area (Å²) < 4.78 is 0. The molecule has 134 valence electrons. The SMILES string of the molecule is C[C@@H]1CC2=CC(=O)CC[C@]2(C)[C@H]2[C@@H]1[C@@H]1CC[C@](C)(O)[C@]1(C)C[C@H]2O. The van der Waals surface area contributed by atoms with Crippen molar-refractivity contribution in [1.29, 1.82) is 0 Å². The molecular weight excluding hydrogens is 300 g/mol. The molecule has 24 heavy (non-hydrogen) atoms. The van der Waals surface area contributed by atoms with Crippen LogP contribution in [-0.2, 0) is 4.79 Å². The number of carbonyl (C=O) groups excluding carboxylic acids is 1. The molecule has 3 fully saturated rings. The molecule has 4 aliphatic rings. The van der Waals surface area contributed by atoms with Gasteiger partial charge in [-0.25, -0.2) is 0 Å². The van der Waals surface area contributed by atoms with Crippen LogP contribution in [0.4, 0.5) is 0 Å². The van der Waals surface area contributed by atoms with E-state index in [9.17, 15) is 15.0 Å². The van der Waals surface area contributed by atoms with Crippen molar-refractivity contribution in [1.82, 2.24) is 0 Å². The zero-order valence-corrected chi connectivity index (χ0v) is 15.5. The molecule has 0 amide bonds. The number of ketones is 1. The Morgan fingerprint density at radius 2 is 1.92 bits per heavy atom. The smallest absolute Gasteiger partial charge is 0.155 e. The first kappa shape index (κ1) is 16.8. The highest BCUT2D eigenvalue weighted by Gasteiger charge is 2.66. The van der Waals surface area contributed by atoms with Gasteiger partial charge in [0.25, 0.3) is 0 Å². The Bertz CT molecular complexity index is 606. The number of fused-ring (bicyclic) bond motifs is 5. The van der Waals surface area contributed by atoms with Crippen molar-refractivity contribution in [3.63, 3.8) is 0 Å². The van der Waals surface area contributed by atoms with Crippen LogP contribution in [0, 0.1) is 34.5 Å². The molecule has 4 rings (SSSR count). The average Bonchev–Trinajstić information content (AvgIpc) is 2.71. The summed E-state index contributed by atoms with van der Waals surface area (Å²) in [5.74, 6) is 1.88. The Kier molecular flexibility index (Phi) is 3.46. The maximum Gasteiger partial charge on any atom is 0.155 e. The molecule has 0 heterocycles. The summed E-state index contributed by atoms with van der Waals surface area (Å²) in [7, 11) is 0. The van der Waals surface area contributed by atoms with Gasteiger partial charge in [-0.15, -0.1) is 0 Å². The van der Waals surface area contributed by atoms with Crippen molar-refractivity contribution in [3.8, 4) is 0 Å². The lowest BCUT2D eigenvalue weighted by Crippen LogP contribution is -2.61. The van der Waals surface area contributed by atoms with Gasteiger partial charge in [0.15, 0.2) is 5.78 Å². The van der Waals surface area contributed by atoms with E-state index < -0.39 is 5.60 Å². The Balaban J connectivity index is 1.80. The molecule has 0 aromatic heterocycles. The highest BCUT2D eigenvalue weighted by Crippen LogP contribution is 2.68. The Hall–Kier alpha value is -0.670. The zero-order chi connectivity index (χ0) is 17.5. The van der Waals surface area contributed by atoms with Gasteiger partial charge in [-0.1, -0.05) is 26.3 Å². The third-order valence-electron chi connectivity index (χ3n) is 8.81. The van der Waals surface area contributed by atoms with E-state index >= 15 is 0 Å². The first-order valence-electron chi connectivity index (χ1n) is 9.74. The number of carbonyl (C=O) groups is 1. The maximum atomic E-state index is 12.0.